The molecule has 7 heteroatoms. The van der Waals surface area contributed by atoms with Crippen molar-refractivity contribution in [3.63, 3.8) is 0 Å². The number of nitrogens with zero attached hydrogens (tertiary/aromatic N) is 1. The second-order valence-corrected chi connectivity index (χ2v) is 5.56. The van der Waals surface area contributed by atoms with Crippen LogP contribution in [0.15, 0.2) is 22.7 Å². The zero-order chi connectivity index (χ0) is 14.7. The highest BCUT2D eigenvalue weighted by Crippen LogP contribution is 2.24. The SMILES string of the molecule is COC(=O)C1COCCN1C(=O)c1cc(Br)ccc1Cl. The molecule has 1 heterocycles. The molecule has 20 heavy (non-hydrogen) atoms. The summed E-state index contributed by atoms with van der Waals surface area (Å²) in [4.78, 5) is 25.7. The maximum atomic E-state index is 12.6. The minimum atomic E-state index is -0.740. The Morgan fingerprint density at radius 2 is 2.25 bits per heavy atom. The van der Waals surface area contributed by atoms with Crippen LogP contribution in [0.3, 0.4) is 0 Å². The molecule has 1 atom stereocenters. The van der Waals surface area contributed by atoms with Crippen molar-refractivity contribution in [3.05, 3.63) is 33.3 Å². The first-order valence-electron chi connectivity index (χ1n) is 5.96. The second kappa shape index (κ2) is 6.56. The highest BCUT2D eigenvalue weighted by Gasteiger charge is 2.34. The van der Waals surface area contributed by atoms with Crippen LogP contribution in [0, 0.1) is 0 Å². The van der Waals surface area contributed by atoms with Crippen molar-refractivity contribution in [2.24, 2.45) is 0 Å². The van der Waals surface area contributed by atoms with Gasteiger partial charge in [0.25, 0.3) is 5.91 Å². The molecule has 1 amide bonds. The van der Waals surface area contributed by atoms with Gasteiger partial charge in [0.05, 0.1) is 30.9 Å². The standard InChI is InChI=1S/C13H13BrClNO4/c1-19-13(18)11-7-20-5-4-16(11)12(17)9-6-8(14)2-3-10(9)15/h2-3,6,11H,4-5,7H2,1H3. The molecule has 1 fully saturated rings. The number of carbonyl (C=O) groups is 2. The molecule has 1 saturated heterocycles. The summed E-state index contributed by atoms with van der Waals surface area (Å²) in [6.07, 6.45) is 0. The number of methoxy groups -OCH3 is 1. The van der Waals surface area contributed by atoms with E-state index >= 15 is 0 Å². The van der Waals surface area contributed by atoms with Gasteiger partial charge in [0.15, 0.2) is 6.04 Å². The fraction of sp³-hybridized carbons (Fsp3) is 0.385. The van der Waals surface area contributed by atoms with E-state index in [4.69, 9.17) is 21.1 Å². The van der Waals surface area contributed by atoms with E-state index in [0.29, 0.717) is 23.7 Å². The van der Waals surface area contributed by atoms with E-state index < -0.39 is 12.0 Å². The second-order valence-electron chi connectivity index (χ2n) is 4.24. The lowest BCUT2D eigenvalue weighted by molar-refractivity contribution is -0.151. The van der Waals surface area contributed by atoms with Crippen LogP contribution >= 0.6 is 27.5 Å². The van der Waals surface area contributed by atoms with Crippen molar-refractivity contribution in [1.29, 1.82) is 0 Å². The van der Waals surface area contributed by atoms with E-state index in [0.717, 1.165) is 4.47 Å². The van der Waals surface area contributed by atoms with Crippen molar-refractivity contribution in [2.75, 3.05) is 26.9 Å². The number of halogens is 2. The fourth-order valence-corrected chi connectivity index (χ4v) is 2.55. The molecule has 5 nitrogen and oxygen atoms in total. The number of carbonyl (C=O) groups excluding carboxylic acids is 2. The van der Waals surface area contributed by atoms with Crippen LogP contribution < -0.4 is 0 Å². The zero-order valence-corrected chi connectivity index (χ0v) is 13.1. The number of rotatable bonds is 2. The van der Waals surface area contributed by atoms with Crippen molar-refractivity contribution in [1.82, 2.24) is 4.90 Å². The van der Waals surface area contributed by atoms with Gasteiger partial charge in [-0.25, -0.2) is 4.79 Å². The minimum Gasteiger partial charge on any atom is -0.467 e. The Morgan fingerprint density at radius 3 is 2.95 bits per heavy atom. The largest absolute Gasteiger partial charge is 0.467 e. The molecule has 1 aromatic carbocycles. The Hall–Kier alpha value is -1.11. The molecule has 0 spiro atoms. The summed E-state index contributed by atoms with van der Waals surface area (Å²) in [5.74, 6) is -0.806. The summed E-state index contributed by atoms with van der Waals surface area (Å²) in [5, 5.41) is 0.341. The number of morpholine rings is 1. The van der Waals surface area contributed by atoms with Crippen LogP contribution in [0.5, 0.6) is 0 Å². The summed E-state index contributed by atoms with van der Waals surface area (Å²) < 4.78 is 10.7. The van der Waals surface area contributed by atoms with Gasteiger partial charge < -0.3 is 14.4 Å². The first kappa shape index (κ1) is 15.3. The lowest BCUT2D eigenvalue weighted by Gasteiger charge is -2.33. The van der Waals surface area contributed by atoms with Gasteiger partial charge in [-0.2, -0.15) is 0 Å². The third-order valence-electron chi connectivity index (χ3n) is 3.02. The quantitative estimate of drug-likeness (QED) is 0.756. The van der Waals surface area contributed by atoms with Gasteiger partial charge in [-0.3, -0.25) is 4.79 Å². The van der Waals surface area contributed by atoms with Crippen LogP contribution in [-0.4, -0.2) is 49.7 Å². The highest BCUT2D eigenvalue weighted by molar-refractivity contribution is 9.10. The normalized spacial score (nSPS) is 18.8. The molecule has 0 bridgehead atoms. The molecular formula is C13H13BrClNO4. The molecule has 0 aliphatic carbocycles. The average Bonchev–Trinajstić information content (AvgIpc) is 2.48. The molecule has 1 unspecified atom stereocenters. The molecule has 0 aromatic heterocycles. The van der Waals surface area contributed by atoms with Crippen LogP contribution in [0.4, 0.5) is 0 Å². The Morgan fingerprint density at radius 1 is 1.50 bits per heavy atom. The summed E-state index contributed by atoms with van der Waals surface area (Å²) in [5.41, 5.74) is 0.344. The Balaban J connectivity index is 2.30. The zero-order valence-electron chi connectivity index (χ0n) is 10.8. The van der Waals surface area contributed by atoms with Gasteiger partial charge in [0.1, 0.15) is 0 Å². The number of esters is 1. The van der Waals surface area contributed by atoms with Crippen molar-refractivity contribution in [2.45, 2.75) is 6.04 Å². The van der Waals surface area contributed by atoms with Crippen molar-refractivity contribution >= 4 is 39.4 Å². The Bertz CT molecular complexity index is 537. The Labute approximate surface area is 129 Å². The summed E-state index contributed by atoms with van der Waals surface area (Å²) >= 11 is 9.36. The highest BCUT2D eigenvalue weighted by atomic mass is 79.9. The molecular weight excluding hydrogens is 350 g/mol. The van der Waals surface area contributed by atoms with Gasteiger partial charge in [-0.15, -0.1) is 0 Å². The van der Waals surface area contributed by atoms with Crippen LogP contribution in [0.1, 0.15) is 10.4 Å². The minimum absolute atomic E-state index is 0.129. The van der Waals surface area contributed by atoms with Gasteiger partial charge >= 0.3 is 5.97 Å². The third kappa shape index (κ3) is 3.13. The smallest absolute Gasteiger partial charge is 0.331 e. The number of benzene rings is 1. The summed E-state index contributed by atoms with van der Waals surface area (Å²) in [6, 6.07) is 4.27. The Kier molecular flexibility index (Phi) is 5.01. The molecule has 0 radical (unpaired) electrons. The molecule has 1 aliphatic rings. The van der Waals surface area contributed by atoms with E-state index in [9.17, 15) is 9.59 Å². The van der Waals surface area contributed by atoms with Crippen LogP contribution in [0.25, 0.3) is 0 Å². The molecule has 1 aromatic rings. The predicted octanol–water partition coefficient (Wildman–Crippen LogP) is 2.12. The van der Waals surface area contributed by atoms with E-state index in [-0.39, 0.29) is 12.5 Å². The first-order valence-corrected chi connectivity index (χ1v) is 7.13. The maximum absolute atomic E-state index is 12.6. The van der Waals surface area contributed by atoms with Crippen LogP contribution in [-0.2, 0) is 14.3 Å². The number of hydrogen-bond donors (Lipinski definition) is 0. The number of hydrogen-bond acceptors (Lipinski definition) is 4. The molecule has 2 rings (SSSR count). The van der Waals surface area contributed by atoms with E-state index in [1.54, 1.807) is 18.2 Å². The van der Waals surface area contributed by atoms with Gasteiger partial charge in [0.2, 0.25) is 0 Å². The molecule has 0 N–H and O–H groups in total. The maximum Gasteiger partial charge on any atom is 0.331 e. The lowest BCUT2D eigenvalue weighted by atomic mass is 10.1. The van der Waals surface area contributed by atoms with Gasteiger partial charge in [0, 0.05) is 11.0 Å². The lowest BCUT2D eigenvalue weighted by Crippen LogP contribution is -2.53. The molecule has 1 aliphatic heterocycles. The fourth-order valence-electron chi connectivity index (χ4n) is 1.99. The van der Waals surface area contributed by atoms with Crippen molar-refractivity contribution < 1.29 is 19.1 Å². The molecule has 108 valence electrons. The number of amides is 1. The monoisotopic (exact) mass is 361 g/mol. The predicted molar refractivity (Wildman–Crippen MR) is 76.8 cm³/mol. The number of ether oxygens (including phenoxy) is 2. The van der Waals surface area contributed by atoms with Gasteiger partial charge in [-0.05, 0) is 18.2 Å². The topological polar surface area (TPSA) is 55.8 Å². The first-order chi connectivity index (χ1) is 9.54. The molecule has 0 saturated carbocycles. The summed E-state index contributed by atoms with van der Waals surface area (Å²) in [6.45, 7) is 0.830. The average molecular weight is 363 g/mol. The van der Waals surface area contributed by atoms with Crippen molar-refractivity contribution in [3.8, 4) is 0 Å². The van der Waals surface area contributed by atoms with E-state index in [1.807, 2.05) is 0 Å². The van der Waals surface area contributed by atoms with E-state index in [2.05, 4.69) is 15.9 Å². The summed E-state index contributed by atoms with van der Waals surface area (Å²) in [7, 11) is 1.28. The van der Waals surface area contributed by atoms with Crippen LogP contribution in [0.2, 0.25) is 5.02 Å². The van der Waals surface area contributed by atoms with Gasteiger partial charge in [-0.1, -0.05) is 27.5 Å². The van der Waals surface area contributed by atoms with E-state index in [1.165, 1.54) is 12.0 Å². The third-order valence-corrected chi connectivity index (χ3v) is 3.84.